The zero-order chi connectivity index (χ0) is 20.3. The van der Waals surface area contributed by atoms with Gasteiger partial charge in [-0.1, -0.05) is 12.7 Å². The maximum absolute atomic E-state index is 12.2. The second-order valence-electron chi connectivity index (χ2n) is 8.83. The minimum absolute atomic E-state index is 0.0364. The van der Waals surface area contributed by atoms with E-state index in [2.05, 4.69) is 6.58 Å². The lowest BCUT2D eigenvalue weighted by Gasteiger charge is -2.60. The number of quaternary nitrogens is 2. The Morgan fingerprint density at radius 3 is 1.93 bits per heavy atom. The van der Waals surface area contributed by atoms with Gasteiger partial charge >= 0.3 is 11.1 Å². The molecule has 4 saturated heterocycles. The summed E-state index contributed by atoms with van der Waals surface area (Å²) in [5, 5.41) is 24.3. The summed E-state index contributed by atoms with van der Waals surface area (Å²) in [6.45, 7) is 8.73. The lowest BCUT2D eigenvalue weighted by molar-refractivity contribution is -1.20. The number of rotatable bonds is 6. The van der Waals surface area contributed by atoms with Crippen LogP contribution in [0.1, 0.15) is 25.6 Å². The van der Waals surface area contributed by atoms with Crippen LogP contribution in [0.25, 0.3) is 0 Å². The molecule has 2 N–H and O–H groups in total. The van der Waals surface area contributed by atoms with Crippen LogP contribution in [0.3, 0.4) is 0 Å². The second-order valence-corrected chi connectivity index (χ2v) is 8.83. The Balaban J connectivity index is 1.71. The van der Waals surface area contributed by atoms with Crippen LogP contribution < -0.4 is 14.5 Å². The molecule has 0 aliphatic carbocycles. The van der Waals surface area contributed by atoms with E-state index in [4.69, 9.17) is 4.74 Å². The Kier molecular flexibility index (Phi) is 4.03. The highest BCUT2D eigenvalue weighted by molar-refractivity contribution is 5.28. The number of nitrogens with one attached hydrogen (secondary N) is 2. The third-order valence-electron chi connectivity index (χ3n) is 7.50. The van der Waals surface area contributed by atoms with E-state index in [0.29, 0.717) is 32.8 Å². The molecule has 0 atom stereocenters. The number of piperidine rings is 2. The Morgan fingerprint density at radius 1 is 1.07 bits per heavy atom. The number of hydrogen-bond acceptors (Lipinski definition) is 5. The Morgan fingerprint density at radius 2 is 1.54 bits per heavy atom. The van der Waals surface area contributed by atoms with Crippen LogP contribution in [-0.4, -0.2) is 53.7 Å². The predicted octanol–water partition coefficient (Wildman–Crippen LogP) is -0.882. The highest BCUT2D eigenvalue weighted by atomic mass is 16.6. The van der Waals surface area contributed by atoms with Crippen molar-refractivity contribution in [1.82, 2.24) is 0 Å². The third kappa shape index (κ3) is 2.20. The molecule has 0 spiro atoms. The molecule has 0 unspecified atom stereocenters. The van der Waals surface area contributed by atoms with Gasteiger partial charge in [-0.15, -0.1) is 0 Å². The van der Waals surface area contributed by atoms with E-state index in [0.717, 1.165) is 21.1 Å². The van der Waals surface area contributed by atoms with Crippen molar-refractivity contribution in [2.45, 2.75) is 31.1 Å². The minimum Gasteiger partial charge on any atom is -0.490 e. The summed E-state index contributed by atoms with van der Waals surface area (Å²) in [6, 6.07) is 7.69. The molecule has 0 amide bonds. The zero-order valence-corrected chi connectivity index (χ0v) is 16.1. The molecule has 0 saturated carbocycles. The molecular formula is C19H26N4O5+2. The molecule has 1 aromatic rings. The number of ether oxygens (including phenoxy) is 1. The van der Waals surface area contributed by atoms with Crippen LogP contribution in [0.2, 0.25) is 0 Å². The van der Waals surface area contributed by atoms with Crippen LogP contribution in [0.4, 0.5) is 0 Å². The second kappa shape index (κ2) is 5.99. The molecule has 4 fully saturated rings. The quantitative estimate of drug-likeness (QED) is 0.373. The smallest absolute Gasteiger partial charge is 0.329 e. The van der Waals surface area contributed by atoms with Gasteiger partial charge in [0.05, 0.1) is 5.56 Å². The highest BCUT2D eigenvalue weighted by Gasteiger charge is 2.87. The number of nitro groups is 2. The molecule has 5 rings (SSSR count). The van der Waals surface area contributed by atoms with Gasteiger partial charge in [-0.3, -0.25) is 30.0 Å². The summed E-state index contributed by atoms with van der Waals surface area (Å²) in [6.07, 6.45) is 1.64. The Labute approximate surface area is 162 Å². The molecule has 28 heavy (non-hydrogen) atoms. The van der Waals surface area contributed by atoms with Crippen LogP contribution >= 0.6 is 0 Å². The first-order chi connectivity index (χ1) is 13.2. The van der Waals surface area contributed by atoms with Crippen LogP contribution in [0.5, 0.6) is 5.75 Å². The van der Waals surface area contributed by atoms with Crippen molar-refractivity contribution in [1.29, 1.82) is 0 Å². The van der Waals surface area contributed by atoms with Crippen molar-refractivity contribution >= 4 is 0 Å². The van der Waals surface area contributed by atoms with Crippen LogP contribution in [0, 0.1) is 25.6 Å². The van der Waals surface area contributed by atoms with Gasteiger partial charge in [0.15, 0.2) is 26.2 Å². The fourth-order valence-corrected chi connectivity index (χ4v) is 5.86. The molecule has 0 radical (unpaired) electrons. The van der Waals surface area contributed by atoms with Crippen molar-refractivity contribution in [2.75, 3.05) is 32.8 Å². The first-order valence-electron chi connectivity index (χ1n) is 9.50. The summed E-state index contributed by atoms with van der Waals surface area (Å²) in [4.78, 5) is 25.7. The van der Waals surface area contributed by atoms with Gasteiger partial charge in [0.25, 0.3) is 0 Å². The molecular weight excluding hydrogens is 364 g/mol. The molecule has 9 heteroatoms. The monoisotopic (exact) mass is 390 g/mol. The molecule has 150 valence electrons. The lowest BCUT2D eigenvalue weighted by Crippen LogP contribution is -3.43. The molecule has 4 aliphatic heterocycles. The SMILES string of the molecule is C=CCOc1ccc(C2[NH+]3CC4([N+](=O)[O-])C[NH+]2CC([N+](=O)[O-])(C3)C4(C)C)cc1. The fraction of sp³-hybridized carbons (Fsp3) is 0.579. The van der Waals surface area contributed by atoms with E-state index < -0.39 is 16.5 Å². The molecule has 9 nitrogen and oxygen atoms in total. The molecule has 4 bridgehead atoms. The van der Waals surface area contributed by atoms with E-state index in [9.17, 15) is 20.2 Å². The summed E-state index contributed by atoms with van der Waals surface area (Å²) in [7, 11) is 0. The van der Waals surface area contributed by atoms with Gasteiger partial charge in [0.2, 0.25) is 6.17 Å². The maximum atomic E-state index is 12.2. The van der Waals surface area contributed by atoms with E-state index in [1.807, 2.05) is 24.3 Å². The van der Waals surface area contributed by atoms with E-state index in [-0.39, 0.29) is 16.0 Å². The Bertz CT molecular complexity index is 785. The summed E-state index contributed by atoms with van der Waals surface area (Å²) in [5.41, 5.74) is -2.55. The first kappa shape index (κ1) is 18.8. The van der Waals surface area contributed by atoms with Crippen molar-refractivity contribution in [3.05, 3.63) is 62.7 Å². The lowest BCUT2D eigenvalue weighted by atomic mass is 9.53. The van der Waals surface area contributed by atoms with Gasteiger partial charge in [-0.2, -0.15) is 0 Å². The molecule has 4 aliphatic rings. The standard InChI is InChI=1S/C19H24N4O5/c1-4-9-28-15-7-5-14(6-8-15)16-20-10-18(22(24)25)11-21(16)13-19(12-20,23(26)27)17(18,2)3/h4-8,16H,1,9-13H2,2-3H3/p+2. The topological polar surface area (TPSA) is 104 Å². The van der Waals surface area contributed by atoms with Gasteiger partial charge in [0.1, 0.15) is 17.8 Å². The van der Waals surface area contributed by atoms with E-state index in [1.165, 1.54) is 0 Å². The van der Waals surface area contributed by atoms with Gasteiger partial charge in [-0.05, 0) is 38.1 Å². The van der Waals surface area contributed by atoms with Crippen molar-refractivity contribution in [3.8, 4) is 5.75 Å². The average Bonchev–Trinajstić information content (AvgIpc) is 2.63. The summed E-state index contributed by atoms with van der Waals surface area (Å²) in [5.74, 6) is 0.729. The number of hydrogen-bond donors (Lipinski definition) is 2. The molecule has 1 aromatic carbocycles. The van der Waals surface area contributed by atoms with E-state index >= 15 is 0 Å². The predicted molar refractivity (Wildman–Crippen MR) is 99.5 cm³/mol. The van der Waals surface area contributed by atoms with Crippen LogP contribution in [0.15, 0.2) is 36.9 Å². The number of benzene rings is 1. The minimum atomic E-state index is -1.29. The third-order valence-corrected chi connectivity index (χ3v) is 7.50. The van der Waals surface area contributed by atoms with Gasteiger partial charge < -0.3 is 4.74 Å². The summed E-state index contributed by atoms with van der Waals surface area (Å²) >= 11 is 0. The maximum Gasteiger partial charge on any atom is 0.329 e. The zero-order valence-electron chi connectivity index (χ0n) is 16.1. The molecule has 0 aromatic heterocycles. The van der Waals surface area contributed by atoms with Crippen molar-refractivity contribution in [2.24, 2.45) is 5.41 Å². The Hall–Kier alpha value is -2.52. The van der Waals surface area contributed by atoms with Gasteiger partial charge in [-0.25, -0.2) is 0 Å². The fourth-order valence-electron chi connectivity index (χ4n) is 5.86. The number of nitrogens with zero attached hydrogens (tertiary/aromatic N) is 2. The highest BCUT2D eigenvalue weighted by Crippen LogP contribution is 2.48. The first-order valence-corrected chi connectivity index (χ1v) is 9.50. The normalized spacial score (nSPS) is 37.4. The van der Waals surface area contributed by atoms with Crippen molar-refractivity contribution < 1.29 is 24.4 Å². The van der Waals surface area contributed by atoms with Crippen LogP contribution in [-0.2, 0) is 0 Å². The van der Waals surface area contributed by atoms with Crippen molar-refractivity contribution in [3.63, 3.8) is 0 Å². The van der Waals surface area contributed by atoms with Gasteiger partial charge in [0, 0.05) is 9.85 Å². The largest absolute Gasteiger partial charge is 0.490 e. The summed E-state index contributed by atoms with van der Waals surface area (Å²) < 4.78 is 5.53. The average molecular weight is 390 g/mol. The molecule has 4 heterocycles. The van der Waals surface area contributed by atoms with E-state index in [1.54, 1.807) is 19.9 Å².